The van der Waals surface area contributed by atoms with Crippen LogP contribution in [0.15, 0.2) is 24.3 Å². The molecule has 0 spiro atoms. The highest BCUT2D eigenvalue weighted by Gasteiger charge is 2.00. The number of ether oxygens (including phenoxy) is 1. The zero-order valence-electron chi connectivity index (χ0n) is 10.7. The lowest BCUT2D eigenvalue weighted by molar-refractivity contribution is 0.267. The van der Waals surface area contributed by atoms with Gasteiger partial charge < -0.3 is 9.64 Å². The van der Waals surface area contributed by atoms with Crippen molar-refractivity contribution in [1.82, 2.24) is 4.90 Å². The summed E-state index contributed by atoms with van der Waals surface area (Å²) in [7, 11) is 2.14. The first kappa shape index (κ1) is 13.0. The third kappa shape index (κ3) is 4.23. The molecule has 0 aliphatic heterocycles. The molecule has 1 rings (SSSR count). The average molecular weight is 221 g/mol. The van der Waals surface area contributed by atoms with E-state index in [9.17, 15) is 0 Å². The number of benzene rings is 1. The van der Waals surface area contributed by atoms with Gasteiger partial charge in [-0.15, -0.1) is 0 Å². The second kappa shape index (κ2) is 7.29. The van der Waals surface area contributed by atoms with Crippen LogP contribution in [-0.2, 0) is 6.42 Å². The molecule has 0 atom stereocenters. The molecular weight excluding hydrogens is 198 g/mol. The van der Waals surface area contributed by atoms with E-state index >= 15 is 0 Å². The number of nitrogens with zero attached hydrogens (tertiary/aromatic N) is 1. The first-order chi connectivity index (χ1) is 7.77. The average Bonchev–Trinajstić information content (AvgIpc) is 2.34. The van der Waals surface area contributed by atoms with Crippen LogP contribution in [0.3, 0.4) is 0 Å². The molecule has 0 bridgehead atoms. The summed E-state index contributed by atoms with van der Waals surface area (Å²) in [5.74, 6) is 1.05. The summed E-state index contributed by atoms with van der Waals surface area (Å²) >= 11 is 0. The SMILES string of the molecule is CCc1ccccc1OCCCN(C)CC. The van der Waals surface area contributed by atoms with Gasteiger partial charge in [0, 0.05) is 6.54 Å². The van der Waals surface area contributed by atoms with E-state index in [1.54, 1.807) is 0 Å². The molecule has 0 fully saturated rings. The van der Waals surface area contributed by atoms with Crippen LogP contribution < -0.4 is 4.74 Å². The molecule has 0 saturated carbocycles. The number of rotatable bonds is 7. The van der Waals surface area contributed by atoms with Gasteiger partial charge in [-0.25, -0.2) is 0 Å². The fourth-order valence-corrected chi connectivity index (χ4v) is 1.61. The van der Waals surface area contributed by atoms with Gasteiger partial charge in [-0.1, -0.05) is 32.0 Å². The standard InChI is InChI=1S/C14H23NO/c1-4-13-9-6-7-10-14(13)16-12-8-11-15(3)5-2/h6-7,9-10H,4-5,8,11-12H2,1-3H3. The van der Waals surface area contributed by atoms with E-state index < -0.39 is 0 Å². The second-order valence-electron chi connectivity index (χ2n) is 4.06. The smallest absolute Gasteiger partial charge is 0.122 e. The van der Waals surface area contributed by atoms with Crippen molar-refractivity contribution < 1.29 is 4.74 Å². The zero-order chi connectivity index (χ0) is 11.8. The van der Waals surface area contributed by atoms with E-state index in [0.29, 0.717) is 0 Å². The number of aryl methyl sites for hydroxylation is 1. The largest absolute Gasteiger partial charge is 0.493 e. The fourth-order valence-electron chi connectivity index (χ4n) is 1.61. The molecular formula is C14H23NO. The summed E-state index contributed by atoms with van der Waals surface area (Å²) < 4.78 is 5.80. The molecule has 0 aliphatic rings. The van der Waals surface area contributed by atoms with Crippen LogP contribution in [0.25, 0.3) is 0 Å². The first-order valence-corrected chi connectivity index (χ1v) is 6.17. The molecule has 0 aliphatic carbocycles. The Bertz CT molecular complexity index is 299. The highest BCUT2D eigenvalue weighted by atomic mass is 16.5. The topological polar surface area (TPSA) is 12.5 Å². The molecule has 0 aromatic heterocycles. The molecule has 0 N–H and O–H groups in total. The van der Waals surface area contributed by atoms with Crippen LogP contribution in [0.2, 0.25) is 0 Å². The Morgan fingerprint density at radius 3 is 2.62 bits per heavy atom. The van der Waals surface area contributed by atoms with Crippen molar-refractivity contribution in [3.05, 3.63) is 29.8 Å². The van der Waals surface area contributed by atoms with Crippen molar-refractivity contribution in [3.8, 4) is 5.75 Å². The number of hydrogen-bond acceptors (Lipinski definition) is 2. The molecule has 90 valence electrons. The van der Waals surface area contributed by atoms with Gasteiger partial charge in [0.15, 0.2) is 0 Å². The maximum atomic E-state index is 5.80. The van der Waals surface area contributed by atoms with Crippen LogP contribution >= 0.6 is 0 Å². The summed E-state index contributed by atoms with van der Waals surface area (Å²) in [5.41, 5.74) is 1.30. The van der Waals surface area contributed by atoms with E-state index in [1.807, 2.05) is 6.07 Å². The molecule has 2 heteroatoms. The second-order valence-corrected chi connectivity index (χ2v) is 4.06. The Hall–Kier alpha value is -1.02. The summed E-state index contributed by atoms with van der Waals surface area (Å²) in [6.45, 7) is 7.35. The highest BCUT2D eigenvalue weighted by molar-refractivity contribution is 5.33. The van der Waals surface area contributed by atoms with Gasteiger partial charge in [-0.3, -0.25) is 0 Å². The molecule has 0 heterocycles. The lowest BCUT2D eigenvalue weighted by Crippen LogP contribution is -2.20. The normalized spacial score (nSPS) is 10.8. The first-order valence-electron chi connectivity index (χ1n) is 6.17. The van der Waals surface area contributed by atoms with Crippen LogP contribution in [0.4, 0.5) is 0 Å². The van der Waals surface area contributed by atoms with Crippen molar-refractivity contribution >= 4 is 0 Å². The number of para-hydroxylation sites is 1. The van der Waals surface area contributed by atoms with Crippen LogP contribution in [0.5, 0.6) is 5.75 Å². The molecule has 2 nitrogen and oxygen atoms in total. The minimum absolute atomic E-state index is 0.807. The van der Waals surface area contributed by atoms with Gasteiger partial charge in [0.05, 0.1) is 6.61 Å². The molecule has 1 aromatic carbocycles. The van der Waals surface area contributed by atoms with Crippen LogP contribution in [0.1, 0.15) is 25.8 Å². The van der Waals surface area contributed by atoms with Gasteiger partial charge in [0.2, 0.25) is 0 Å². The molecule has 1 aromatic rings. The molecule has 0 unspecified atom stereocenters. The quantitative estimate of drug-likeness (QED) is 0.656. The summed E-state index contributed by atoms with van der Waals surface area (Å²) in [5, 5.41) is 0. The highest BCUT2D eigenvalue weighted by Crippen LogP contribution is 2.18. The van der Waals surface area contributed by atoms with Gasteiger partial charge in [0.1, 0.15) is 5.75 Å². The third-order valence-electron chi connectivity index (χ3n) is 2.84. The van der Waals surface area contributed by atoms with Crippen LogP contribution in [0, 0.1) is 0 Å². The van der Waals surface area contributed by atoms with E-state index in [4.69, 9.17) is 4.74 Å². The molecule has 0 amide bonds. The molecule has 0 radical (unpaired) electrons. The van der Waals surface area contributed by atoms with Crippen LogP contribution in [-0.4, -0.2) is 31.6 Å². The molecule has 0 saturated heterocycles. The molecule has 16 heavy (non-hydrogen) atoms. The van der Waals surface area contributed by atoms with Crippen molar-refractivity contribution in [2.24, 2.45) is 0 Å². The van der Waals surface area contributed by atoms with Gasteiger partial charge in [0.25, 0.3) is 0 Å². The van der Waals surface area contributed by atoms with Crippen molar-refractivity contribution in [2.45, 2.75) is 26.7 Å². The number of hydrogen-bond donors (Lipinski definition) is 0. The van der Waals surface area contributed by atoms with E-state index in [0.717, 1.165) is 38.3 Å². The Labute approximate surface area is 99.2 Å². The third-order valence-corrected chi connectivity index (χ3v) is 2.84. The summed E-state index contributed by atoms with van der Waals surface area (Å²) in [6.07, 6.45) is 2.12. The monoisotopic (exact) mass is 221 g/mol. The van der Waals surface area contributed by atoms with Crippen molar-refractivity contribution in [2.75, 3.05) is 26.7 Å². The Morgan fingerprint density at radius 2 is 1.94 bits per heavy atom. The Kier molecular flexibility index (Phi) is 5.94. The minimum atomic E-state index is 0.807. The van der Waals surface area contributed by atoms with Gasteiger partial charge in [-0.05, 0) is 38.1 Å². The predicted molar refractivity (Wildman–Crippen MR) is 69.1 cm³/mol. The van der Waals surface area contributed by atoms with Gasteiger partial charge >= 0.3 is 0 Å². The van der Waals surface area contributed by atoms with E-state index in [1.165, 1.54) is 5.56 Å². The van der Waals surface area contributed by atoms with Crippen molar-refractivity contribution in [1.29, 1.82) is 0 Å². The minimum Gasteiger partial charge on any atom is -0.493 e. The Morgan fingerprint density at radius 1 is 1.19 bits per heavy atom. The van der Waals surface area contributed by atoms with Crippen molar-refractivity contribution in [3.63, 3.8) is 0 Å². The van der Waals surface area contributed by atoms with Gasteiger partial charge in [-0.2, -0.15) is 0 Å². The maximum absolute atomic E-state index is 5.80. The van der Waals surface area contributed by atoms with E-state index in [-0.39, 0.29) is 0 Å². The maximum Gasteiger partial charge on any atom is 0.122 e. The zero-order valence-corrected chi connectivity index (χ0v) is 10.7. The fraction of sp³-hybridized carbons (Fsp3) is 0.571. The lowest BCUT2D eigenvalue weighted by Gasteiger charge is -2.14. The Balaban J connectivity index is 2.31. The summed E-state index contributed by atoms with van der Waals surface area (Å²) in [4.78, 5) is 2.30. The lowest BCUT2D eigenvalue weighted by atomic mass is 10.1. The predicted octanol–water partition coefficient (Wildman–Crippen LogP) is 2.97. The van der Waals surface area contributed by atoms with E-state index in [2.05, 4.69) is 44.0 Å². The summed E-state index contributed by atoms with van der Waals surface area (Å²) in [6, 6.07) is 8.29.